The number of morpholine rings is 2. The largest absolute Gasteiger partial charge is 0.477 e. The van der Waals surface area contributed by atoms with E-state index in [1.165, 1.54) is 6.21 Å². The number of hydrogen-bond donors (Lipinski definition) is 3. The summed E-state index contributed by atoms with van der Waals surface area (Å²) in [5.41, 5.74) is 2.80. The molecule has 0 saturated carbocycles. The smallest absolute Gasteiger partial charge is 0.252 e. The highest BCUT2D eigenvalue weighted by Gasteiger charge is 2.14. The Labute approximate surface area is 220 Å². The van der Waals surface area contributed by atoms with Gasteiger partial charge in [0.2, 0.25) is 0 Å². The molecule has 2 aromatic heterocycles. The molecule has 2 fully saturated rings. The molecule has 0 aliphatic carbocycles. The third-order valence-corrected chi connectivity index (χ3v) is 5.73. The van der Waals surface area contributed by atoms with Gasteiger partial charge < -0.3 is 29.5 Å². The molecule has 4 heterocycles. The minimum absolute atomic E-state index is 0.134. The first-order chi connectivity index (χ1) is 18.2. The molecule has 9 heteroatoms. The zero-order valence-corrected chi connectivity index (χ0v) is 22.7. The van der Waals surface area contributed by atoms with Crippen molar-refractivity contribution in [1.82, 2.24) is 14.9 Å². The Kier molecular flexibility index (Phi) is 14.1. The molecule has 37 heavy (non-hydrogen) atoms. The third-order valence-electron chi connectivity index (χ3n) is 5.73. The fourth-order valence-corrected chi connectivity index (χ4v) is 3.91. The van der Waals surface area contributed by atoms with E-state index in [4.69, 9.17) is 19.6 Å². The van der Waals surface area contributed by atoms with Crippen molar-refractivity contribution >= 4 is 22.8 Å². The number of aromatic nitrogens is 2. The van der Waals surface area contributed by atoms with E-state index in [-0.39, 0.29) is 5.56 Å². The number of ether oxygens (including phenoxy) is 3. The van der Waals surface area contributed by atoms with Gasteiger partial charge in [-0.05, 0) is 6.07 Å². The summed E-state index contributed by atoms with van der Waals surface area (Å²) in [4.78, 5) is 22.1. The van der Waals surface area contributed by atoms with Crippen molar-refractivity contribution in [3.8, 4) is 5.88 Å². The van der Waals surface area contributed by atoms with Crippen molar-refractivity contribution in [3.63, 3.8) is 0 Å². The van der Waals surface area contributed by atoms with Gasteiger partial charge >= 0.3 is 0 Å². The van der Waals surface area contributed by atoms with Crippen LogP contribution in [0.3, 0.4) is 0 Å². The normalized spacial score (nSPS) is 15.3. The van der Waals surface area contributed by atoms with E-state index in [1.807, 2.05) is 64.2 Å². The Bertz CT molecular complexity index is 1090. The standard InChI is InChI=1S/C15H23N3O4.C9H8N2.2C2H6/c19-14-11-13(18-4-8-21-9-5-18)12-15(16-14)22-10-3-17-1-6-20-7-2-17;10-5-7-6-11-9-4-2-1-3-8(7)9;2*1-2/h11-12H,1-10H2,(H,16,19);1-6,10-11H;2*1-2H3. The average Bonchev–Trinajstić information content (AvgIpc) is 3.40. The SMILES string of the molecule is CC.CC.N=Cc1c[nH]c2ccccc12.O=c1cc(N2CCOCC2)cc(OCCN2CCOCC2)[nH]1. The summed E-state index contributed by atoms with van der Waals surface area (Å²) in [6, 6.07) is 11.5. The average molecular weight is 514 g/mol. The van der Waals surface area contributed by atoms with Crippen LogP contribution in [0.2, 0.25) is 0 Å². The van der Waals surface area contributed by atoms with Crippen LogP contribution in [0, 0.1) is 5.41 Å². The maximum Gasteiger partial charge on any atom is 0.252 e. The molecule has 0 spiro atoms. The van der Waals surface area contributed by atoms with E-state index in [9.17, 15) is 4.79 Å². The van der Waals surface area contributed by atoms with Crippen molar-refractivity contribution in [2.24, 2.45) is 0 Å². The molecule has 1 aromatic carbocycles. The molecule has 0 radical (unpaired) electrons. The van der Waals surface area contributed by atoms with Crippen LogP contribution in [0.1, 0.15) is 33.3 Å². The summed E-state index contributed by atoms with van der Waals surface area (Å²) in [6.45, 7) is 15.8. The van der Waals surface area contributed by atoms with Crippen molar-refractivity contribution in [2.75, 3.05) is 70.7 Å². The second-order valence-corrected chi connectivity index (χ2v) is 7.90. The quantitative estimate of drug-likeness (QED) is 0.428. The molecule has 9 nitrogen and oxygen atoms in total. The number of nitrogens with one attached hydrogen (secondary N) is 3. The van der Waals surface area contributed by atoms with Gasteiger partial charge in [0.05, 0.1) is 26.4 Å². The van der Waals surface area contributed by atoms with Gasteiger partial charge in [-0.1, -0.05) is 45.9 Å². The van der Waals surface area contributed by atoms with E-state index in [2.05, 4.69) is 19.8 Å². The number of benzene rings is 1. The number of para-hydroxylation sites is 1. The van der Waals surface area contributed by atoms with Crippen LogP contribution < -0.4 is 15.2 Å². The van der Waals surface area contributed by atoms with Crippen molar-refractivity contribution < 1.29 is 14.2 Å². The maximum atomic E-state index is 11.8. The molecule has 2 saturated heterocycles. The van der Waals surface area contributed by atoms with Gasteiger partial charge in [0.25, 0.3) is 5.56 Å². The Morgan fingerprint density at radius 1 is 0.973 bits per heavy atom. The summed E-state index contributed by atoms with van der Waals surface area (Å²) in [5.74, 6) is 0.530. The van der Waals surface area contributed by atoms with Crippen LogP contribution in [0.25, 0.3) is 10.9 Å². The highest BCUT2D eigenvalue weighted by atomic mass is 16.5. The summed E-state index contributed by atoms with van der Waals surface area (Å²) in [5, 5.41) is 8.21. The van der Waals surface area contributed by atoms with Gasteiger partial charge in [-0.15, -0.1) is 0 Å². The highest BCUT2D eigenvalue weighted by molar-refractivity contribution is 5.97. The molecule has 0 amide bonds. The Balaban J connectivity index is 0.000000268. The first-order valence-electron chi connectivity index (χ1n) is 13.3. The summed E-state index contributed by atoms with van der Waals surface area (Å²) < 4.78 is 16.4. The molecule has 3 aromatic rings. The fourth-order valence-electron chi connectivity index (χ4n) is 3.91. The second kappa shape index (κ2) is 17.3. The monoisotopic (exact) mass is 513 g/mol. The molecule has 3 N–H and O–H groups in total. The second-order valence-electron chi connectivity index (χ2n) is 7.90. The number of nitrogens with zero attached hydrogens (tertiary/aromatic N) is 2. The van der Waals surface area contributed by atoms with Crippen LogP contribution in [0.5, 0.6) is 5.88 Å². The molecule has 5 rings (SSSR count). The zero-order valence-electron chi connectivity index (χ0n) is 22.7. The number of anilines is 1. The van der Waals surface area contributed by atoms with Crippen molar-refractivity contribution in [1.29, 1.82) is 5.41 Å². The molecule has 2 aliphatic heterocycles. The Hall–Kier alpha value is -3.14. The minimum Gasteiger partial charge on any atom is -0.477 e. The van der Waals surface area contributed by atoms with E-state index >= 15 is 0 Å². The van der Waals surface area contributed by atoms with Gasteiger partial charge in [-0.3, -0.25) is 14.7 Å². The van der Waals surface area contributed by atoms with E-state index < -0.39 is 0 Å². The summed E-state index contributed by atoms with van der Waals surface area (Å²) >= 11 is 0. The highest BCUT2D eigenvalue weighted by Crippen LogP contribution is 2.18. The number of hydrogen-bond acceptors (Lipinski definition) is 7. The lowest BCUT2D eigenvalue weighted by molar-refractivity contribution is 0.0320. The van der Waals surface area contributed by atoms with E-state index in [0.717, 1.165) is 68.1 Å². The lowest BCUT2D eigenvalue weighted by Crippen LogP contribution is -2.38. The lowest BCUT2D eigenvalue weighted by Gasteiger charge is -2.29. The van der Waals surface area contributed by atoms with E-state index in [0.29, 0.717) is 25.7 Å². The van der Waals surface area contributed by atoms with Crippen LogP contribution in [0.4, 0.5) is 5.69 Å². The van der Waals surface area contributed by atoms with Crippen LogP contribution in [-0.4, -0.2) is 86.8 Å². The molecular weight excluding hydrogens is 470 g/mol. The Morgan fingerprint density at radius 3 is 2.30 bits per heavy atom. The molecule has 0 bridgehead atoms. The zero-order chi connectivity index (χ0) is 26.9. The maximum absolute atomic E-state index is 11.8. The predicted molar refractivity (Wildman–Crippen MR) is 152 cm³/mol. The number of pyridine rings is 1. The minimum atomic E-state index is -0.134. The van der Waals surface area contributed by atoms with Gasteiger partial charge in [0, 0.05) is 79.4 Å². The van der Waals surface area contributed by atoms with Crippen LogP contribution >= 0.6 is 0 Å². The van der Waals surface area contributed by atoms with Crippen LogP contribution in [0.15, 0.2) is 47.4 Å². The molecule has 0 atom stereocenters. The van der Waals surface area contributed by atoms with Crippen molar-refractivity contribution in [3.05, 3.63) is 58.5 Å². The lowest BCUT2D eigenvalue weighted by atomic mass is 10.2. The van der Waals surface area contributed by atoms with Gasteiger partial charge in [-0.2, -0.15) is 0 Å². The first kappa shape index (κ1) is 30.1. The number of fused-ring (bicyclic) bond motifs is 1. The Morgan fingerprint density at radius 2 is 1.62 bits per heavy atom. The molecule has 204 valence electrons. The number of aromatic amines is 2. The fraction of sp³-hybridized carbons (Fsp3) is 0.500. The number of rotatable bonds is 6. The van der Waals surface area contributed by atoms with Crippen molar-refractivity contribution in [2.45, 2.75) is 27.7 Å². The predicted octanol–water partition coefficient (Wildman–Crippen LogP) is 4.14. The summed E-state index contributed by atoms with van der Waals surface area (Å²) in [6.07, 6.45) is 3.20. The molecule has 0 unspecified atom stereocenters. The number of H-pyrrole nitrogens is 2. The molecular formula is C28H43N5O4. The van der Waals surface area contributed by atoms with E-state index in [1.54, 1.807) is 6.07 Å². The topological polar surface area (TPSA) is 107 Å². The first-order valence-corrected chi connectivity index (χ1v) is 13.3. The van der Waals surface area contributed by atoms with Gasteiger partial charge in [0.1, 0.15) is 6.61 Å². The third kappa shape index (κ3) is 9.68. The van der Waals surface area contributed by atoms with Crippen LogP contribution in [-0.2, 0) is 9.47 Å². The molecule has 2 aliphatic rings. The van der Waals surface area contributed by atoms with Gasteiger partial charge in [0.15, 0.2) is 5.88 Å². The summed E-state index contributed by atoms with van der Waals surface area (Å²) in [7, 11) is 0. The van der Waals surface area contributed by atoms with Gasteiger partial charge in [-0.25, -0.2) is 0 Å².